The first kappa shape index (κ1) is 11.4. The molecule has 0 radical (unpaired) electrons. The second kappa shape index (κ2) is 5.30. The number of hydrogen-bond acceptors (Lipinski definition) is 3. The topological polar surface area (TPSA) is 42.1 Å². The standard InChI is InChI=1S/C13H21N3/c1-11(14)9-12-10-13(5-6-15-12)16-7-3-2-4-8-16/h5-6,10-11H,2-4,7-9,14H2,1H3. The van der Waals surface area contributed by atoms with Gasteiger partial charge in [0.05, 0.1) is 0 Å². The Balaban J connectivity index is 2.08. The summed E-state index contributed by atoms with van der Waals surface area (Å²) < 4.78 is 0. The Labute approximate surface area is 97.7 Å². The maximum atomic E-state index is 5.80. The summed E-state index contributed by atoms with van der Waals surface area (Å²) in [4.78, 5) is 6.82. The summed E-state index contributed by atoms with van der Waals surface area (Å²) in [6.45, 7) is 4.39. The van der Waals surface area contributed by atoms with Crippen LogP contribution in [0.2, 0.25) is 0 Å². The van der Waals surface area contributed by atoms with Gasteiger partial charge in [-0.3, -0.25) is 4.98 Å². The van der Waals surface area contributed by atoms with Crippen LogP contribution in [0.5, 0.6) is 0 Å². The fraction of sp³-hybridized carbons (Fsp3) is 0.615. The molecule has 1 aliphatic heterocycles. The van der Waals surface area contributed by atoms with E-state index in [1.165, 1.54) is 38.0 Å². The molecule has 1 unspecified atom stereocenters. The van der Waals surface area contributed by atoms with Crippen LogP contribution in [0, 0.1) is 0 Å². The quantitative estimate of drug-likeness (QED) is 0.845. The molecule has 0 aliphatic carbocycles. The van der Waals surface area contributed by atoms with Crippen LogP contribution in [-0.2, 0) is 6.42 Å². The zero-order valence-corrected chi connectivity index (χ0v) is 10.0. The zero-order chi connectivity index (χ0) is 11.4. The van der Waals surface area contributed by atoms with E-state index in [0.717, 1.165) is 12.1 Å². The monoisotopic (exact) mass is 219 g/mol. The third-order valence-electron chi connectivity index (χ3n) is 3.05. The number of hydrogen-bond donors (Lipinski definition) is 1. The van der Waals surface area contributed by atoms with Crippen molar-refractivity contribution in [2.24, 2.45) is 5.73 Å². The minimum atomic E-state index is 0.184. The molecule has 0 spiro atoms. The van der Waals surface area contributed by atoms with E-state index in [2.05, 4.69) is 22.0 Å². The molecule has 1 fully saturated rings. The Bertz CT molecular complexity index is 330. The lowest BCUT2D eigenvalue weighted by Crippen LogP contribution is -2.29. The summed E-state index contributed by atoms with van der Waals surface area (Å²) in [5.74, 6) is 0. The van der Waals surface area contributed by atoms with E-state index >= 15 is 0 Å². The van der Waals surface area contributed by atoms with E-state index in [-0.39, 0.29) is 6.04 Å². The second-order valence-electron chi connectivity index (χ2n) is 4.73. The Kier molecular flexibility index (Phi) is 3.78. The molecule has 2 rings (SSSR count). The van der Waals surface area contributed by atoms with Crippen molar-refractivity contribution in [2.75, 3.05) is 18.0 Å². The SMILES string of the molecule is CC(N)Cc1cc(N2CCCCC2)ccn1. The van der Waals surface area contributed by atoms with Gasteiger partial charge in [-0.25, -0.2) is 0 Å². The average Bonchev–Trinajstić information content (AvgIpc) is 2.30. The van der Waals surface area contributed by atoms with Crippen molar-refractivity contribution in [3.05, 3.63) is 24.0 Å². The van der Waals surface area contributed by atoms with Crippen LogP contribution in [-0.4, -0.2) is 24.1 Å². The molecule has 0 bridgehead atoms. The van der Waals surface area contributed by atoms with Gasteiger partial charge in [0.15, 0.2) is 0 Å². The van der Waals surface area contributed by atoms with E-state index in [1.54, 1.807) is 0 Å². The van der Waals surface area contributed by atoms with Crippen LogP contribution in [0.15, 0.2) is 18.3 Å². The van der Waals surface area contributed by atoms with Gasteiger partial charge >= 0.3 is 0 Å². The Morgan fingerprint density at radius 2 is 2.12 bits per heavy atom. The molecule has 1 aliphatic rings. The summed E-state index contributed by atoms with van der Waals surface area (Å²) in [7, 11) is 0. The van der Waals surface area contributed by atoms with Gasteiger partial charge < -0.3 is 10.6 Å². The highest BCUT2D eigenvalue weighted by atomic mass is 15.1. The van der Waals surface area contributed by atoms with Gasteiger partial charge in [0.2, 0.25) is 0 Å². The van der Waals surface area contributed by atoms with E-state index < -0.39 is 0 Å². The van der Waals surface area contributed by atoms with E-state index in [0.29, 0.717) is 0 Å². The molecular weight excluding hydrogens is 198 g/mol. The third-order valence-corrected chi connectivity index (χ3v) is 3.05. The summed E-state index contributed by atoms with van der Waals surface area (Å²) in [6.07, 6.45) is 6.76. The summed E-state index contributed by atoms with van der Waals surface area (Å²) >= 11 is 0. The number of nitrogens with zero attached hydrogens (tertiary/aromatic N) is 2. The lowest BCUT2D eigenvalue weighted by Gasteiger charge is -2.29. The molecule has 3 nitrogen and oxygen atoms in total. The number of rotatable bonds is 3. The van der Waals surface area contributed by atoms with Crippen molar-refractivity contribution in [3.63, 3.8) is 0 Å². The maximum Gasteiger partial charge on any atom is 0.0439 e. The third kappa shape index (κ3) is 2.95. The van der Waals surface area contributed by atoms with Crippen LogP contribution in [0.3, 0.4) is 0 Å². The normalized spacial score (nSPS) is 18.5. The largest absolute Gasteiger partial charge is 0.371 e. The minimum absolute atomic E-state index is 0.184. The molecule has 16 heavy (non-hydrogen) atoms. The molecule has 1 atom stereocenters. The van der Waals surface area contributed by atoms with Crippen LogP contribution in [0.25, 0.3) is 0 Å². The van der Waals surface area contributed by atoms with Gasteiger partial charge in [-0.15, -0.1) is 0 Å². The number of nitrogens with two attached hydrogens (primary N) is 1. The predicted molar refractivity (Wildman–Crippen MR) is 67.7 cm³/mol. The minimum Gasteiger partial charge on any atom is -0.371 e. The molecule has 1 aromatic rings. The molecule has 88 valence electrons. The van der Waals surface area contributed by atoms with E-state index in [4.69, 9.17) is 5.73 Å². The Morgan fingerprint density at radius 3 is 2.81 bits per heavy atom. The first-order chi connectivity index (χ1) is 7.75. The molecule has 0 saturated carbocycles. The highest BCUT2D eigenvalue weighted by Gasteiger charge is 2.11. The van der Waals surface area contributed by atoms with Crippen LogP contribution in [0.1, 0.15) is 31.9 Å². The van der Waals surface area contributed by atoms with Crippen LogP contribution in [0.4, 0.5) is 5.69 Å². The van der Waals surface area contributed by atoms with Gasteiger partial charge in [-0.2, -0.15) is 0 Å². The Morgan fingerprint density at radius 1 is 1.38 bits per heavy atom. The molecule has 1 aromatic heterocycles. The molecule has 2 N–H and O–H groups in total. The lowest BCUT2D eigenvalue weighted by molar-refractivity contribution is 0.577. The number of aromatic nitrogens is 1. The van der Waals surface area contributed by atoms with E-state index in [9.17, 15) is 0 Å². The van der Waals surface area contributed by atoms with Gasteiger partial charge in [-0.05, 0) is 38.3 Å². The molecular formula is C13H21N3. The van der Waals surface area contributed by atoms with Crippen molar-refractivity contribution >= 4 is 5.69 Å². The van der Waals surface area contributed by atoms with Crippen LogP contribution < -0.4 is 10.6 Å². The highest BCUT2D eigenvalue weighted by molar-refractivity contribution is 5.46. The fourth-order valence-electron chi connectivity index (χ4n) is 2.26. The number of anilines is 1. The van der Waals surface area contributed by atoms with Crippen molar-refractivity contribution < 1.29 is 0 Å². The highest BCUT2D eigenvalue weighted by Crippen LogP contribution is 2.20. The van der Waals surface area contributed by atoms with Crippen molar-refractivity contribution in [1.29, 1.82) is 0 Å². The first-order valence-electron chi connectivity index (χ1n) is 6.21. The van der Waals surface area contributed by atoms with Crippen LogP contribution >= 0.6 is 0 Å². The molecule has 0 aromatic carbocycles. The van der Waals surface area contributed by atoms with Gasteiger partial charge in [-0.1, -0.05) is 0 Å². The molecule has 3 heteroatoms. The fourth-order valence-corrected chi connectivity index (χ4v) is 2.26. The number of pyridine rings is 1. The van der Waals surface area contributed by atoms with Gasteiger partial charge in [0, 0.05) is 43.1 Å². The molecule has 2 heterocycles. The first-order valence-corrected chi connectivity index (χ1v) is 6.21. The Hall–Kier alpha value is -1.09. The summed E-state index contributed by atoms with van der Waals surface area (Å²) in [6, 6.07) is 4.48. The predicted octanol–water partition coefficient (Wildman–Crippen LogP) is 1.96. The zero-order valence-electron chi connectivity index (χ0n) is 10.0. The van der Waals surface area contributed by atoms with E-state index in [1.807, 2.05) is 13.1 Å². The molecule has 0 amide bonds. The van der Waals surface area contributed by atoms with Gasteiger partial charge in [0.1, 0.15) is 0 Å². The lowest BCUT2D eigenvalue weighted by atomic mass is 10.1. The van der Waals surface area contributed by atoms with Gasteiger partial charge in [0.25, 0.3) is 0 Å². The summed E-state index contributed by atoms with van der Waals surface area (Å²) in [5.41, 5.74) is 8.22. The second-order valence-corrected chi connectivity index (χ2v) is 4.73. The molecule has 1 saturated heterocycles. The summed E-state index contributed by atoms with van der Waals surface area (Å²) in [5, 5.41) is 0. The number of piperidine rings is 1. The van der Waals surface area contributed by atoms with Crippen molar-refractivity contribution in [2.45, 2.75) is 38.6 Å². The van der Waals surface area contributed by atoms with Crippen molar-refractivity contribution in [1.82, 2.24) is 4.98 Å². The average molecular weight is 219 g/mol. The van der Waals surface area contributed by atoms with Crippen molar-refractivity contribution in [3.8, 4) is 0 Å². The maximum absolute atomic E-state index is 5.80. The smallest absolute Gasteiger partial charge is 0.0439 e.